The third-order valence-corrected chi connectivity index (χ3v) is 0. The van der Waals surface area contributed by atoms with Crippen LogP contribution in [0.15, 0.2) is 0 Å². The van der Waals surface area contributed by atoms with Crippen molar-refractivity contribution in [2.75, 3.05) is 0 Å². The van der Waals surface area contributed by atoms with Gasteiger partial charge in [-0.25, -0.2) is 0 Å². The zero-order valence-corrected chi connectivity index (χ0v) is 15.6. The maximum atomic E-state index is 2.27. The first-order valence-electron chi connectivity index (χ1n) is 4.50. The van der Waals surface area contributed by atoms with Crippen LogP contribution in [0.5, 0.6) is 0 Å². The van der Waals surface area contributed by atoms with Crippen LogP contribution in [0.1, 0.15) is 0 Å². The summed E-state index contributed by atoms with van der Waals surface area (Å²) in [5.41, 5.74) is 0. The van der Waals surface area contributed by atoms with Crippen LogP contribution < -0.4 is 0 Å². The maximum Gasteiger partial charge on any atom is 0.0379 e. The van der Waals surface area contributed by atoms with Crippen LogP contribution in [0.2, 0.25) is 58.9 Å². The molecule has 0 aliphatic heterocycles. The van der Waals surface area contributed by atoms with Crippen molar-refractivity contribution in [1.82, 2.24) is 0 Å². The third kappa shape index (κ3) is 1200. The van der Waals surface area contributed by atoms with Crippen molar-refractivity contribution >= 4 is 43.5 Å². The van der Waals surface area contributed by atoms with Crippen LogP contribution in [0.25, 0.3) is 0 Å². The maximum absolute atomic E-state index is 2.27. The summed E-state index contributed by atoms with van der Waals surface area (Å²) in [6.07, 6.45) is 0. The average Bonchev–Trinajstić information content (AvgIpc) is 1.54. The van der Waals surface area contributed by atoms with Gasteiger partial charge in [-0.05, 0) is 0 Å². The summed E-state index contributed by atoms with van der Waals surface area (Å²) in [7, 11) is 0.361. The predicted molar refractivity (Wildman–Crippen MR) is 75.8 cm³/mol. The average molecular weight is 299 g/mol. The van der Waals surface area contributed by atoms with E-state index in [9.17, 15) is 0 Å². The Hall–Kier alpha value is 1.17. The van der Waals surface area contributed by atoms with Crippen LogP contribution in [0.3, 0.4) is 0 Å². The second kappa shape index (κ2) is 18.9. The van der Waals surface area contributed by atoms with E-state index in [2.05, 4.69) is 58.9 Å². The normalized spacial score (nSPS) is 8.31. The van der Waals surface area contributed by atoms with Gasteiger partial charge in [0.25, 0.3) is 0 Å². The number of hydrogen-bond donors (Lipinski definition) is 0. The molecule has 0 bridgehead atoms. The molecule has 13 heavy (non-hydrogen) atoms. The van der Waals surface area contributed by atoms with E-state index in [0.717, 1.165) is 0 Å². The van der Waals surface area contributed by atoms with Gasteiger partial charge in [0.2, 0.25) is 0 Å². The van der Waals surface area contributed by atoms with Crippen LogP contribution in [0, 0.1) is 0 Å². The van der Waals surface area contributed by atoms with E-state index in [1.165, 1.54) is 0 Å². The number of hydrogen-bond acceptors (Lipinski definition) is 0. The third-order valence-electron chi connectivity index (χ3n) is 0. The largest absolute Gasteiger partial charge is 0.0715 e. The van der Waals surface area contributed by atoms with E-state index in [4.69, 9.17) is 0 Å². The summed E-state index contributed by atoms with van der Waals surface area (Å²) in [6.45, 7) is 20.4. The molecule has 4 heteroatoms. The van der Waals surface area contributed by atoms with Gasteiger partial charge in [-0.15, -0.1) is 0 Å². The molecule has 0 saturated carbocycles. The molecule has 0 aliphatic rings. The van der Waals surface area contributed by atoms with Crippen LogP contribution in [-0.2, 0) is 0 Å². The Morgan fingerprint density at radius 3 is 0.385 bits per heavy atom. The van der Waals surface area contributed by atoms with Crippen molar-refractivity contribution in [1.29, 1.82) is 0 Å². The van der Waals surface area contributed by atoms with Gasteiger partial charge >= 0.3 is 0 Å². The minimum absolute atomic E-state index is 0. The van der Waals surface area contributed by atoms with Gasteiger partial charge in [-0.2, -0.15) is 0 Å². The molecule has 0 rings (SSSR count). The van der Waals surface area contributed by atoms with Gasteiger partial charge in [0.1, 0.15) is 0 Å². The van der Waals surface area contributed by atoms with Gasteiger partial charge in [-0.1, -0.05) is 58.9 Å². The van der Waals surface area contributed by atoms with E-state index in [-0.39, 0.29) is 43.5 Å². The first kappa shape index (κ1) is 23.8. The molecule has 5 radical (unpaired) electrons. The Morgan fingerprint density at radius 2 is 0.385 bits per heavy atom. The molecule has 0 unspecified atom stereocenters. The molecule has 0 spiro atoms. The summed E-state index contributed by atoms with van der Waals surface area (Å²) < 4.78 is 0. The molecule has 0 nitrogen and oxygen atoms in total. The van der Waals surface area contributed by atoms with Gasteiger partial charge in [0.05, 0.1) is 0 Å². The van der Waals surface area contributed by atoms with E-state index in [0.29, 0.717) is 0 Å². The summed E-state index contributed by atoms with van der Waals surface area (Å²) >= 11 is 0. The van der Waals surface area contributed by atoms with Crippen molar-refractivity contribution < 1.29 is 0 Å². The van der Waals surface area contributed by atoms with Crippen LogP contribution in [0.4, 0.5) is 0 Å². The predicted octanol–water partition coefficient (Wildman–Crippen LogP) is 3.73. The molecular weight excluding hydrogens is 271 g/mol. The summed E-state index contributed by atoms with van der Waals surface area (Å²) in [5, 5.41) is 0. The van der Waals surface area contributed by atoms with E-state index >= 15 is 0 Å². The first-order valence-corrected chi connectivity index (χ1v) is 13.5. The van der Waals surface area contributed by atoms with Gasteiger partial charge in [0, 0.05) is 43.5 Å². The Kier molecular flexibility index (Phi) is 34.5. The Labute approximate surface area is 102 Å². The molecule has 0 amide bonds. The first-order chi connectivity index (χ1) is 5.20. The number of rotatable bonds is 0. The quantitative estimate of drug-likeness (QED) is 0.598. The second-order valence-electron chi connectivity index (χ2n) is 4.50. The summed E-state index contributed by atoms with van der Waals surface area (Å²) in [5.74, 6) is 0. The van der Waals surface area contributed by atoms with Gasteiger partial charge in [-0.3, -0.25) is 0 Å². The van der Waals surface area contributed by atoms with Crippen molar-refractivity contribution in [2.45, 2.75) is 58.9 Å². The molecule has 0 fully saturated rings. The van der Waals surface area contributed by atoms with Crippen molar-refractivity contribution in [3.8, 4) is 0 Å². The molecule has 0 aromatic carbocycles. The van der Waals surface area contributed by atoms with Crippen molar-refractivity contribution in [3.05, 3.63) is 0 Å². The topological polar surface area (TPSA) is 0 Å². The van der Waals surface area contributed by atoms with E-state index < -0.39 is 0 Å². The SMILES string of the molecule is C[Si](C)C.C[Si](C)C.C[Si](C)C.[Se]. The van der Waals surface area contributed by atoms with Gasteiger partial charge < -0.3 is 0 Å². The summed E-state index contributed by atoms with van der Waals surface area (Å²) in [4.78, 5) is 0. The molecule has 0 heterocycles. The van der Waals surface area contributed by atoms with Crippen LogP contribution in [-0.4, -0.2) is 43.5 Å². The molecule has 0 N–H and O–H groups in total. The van der Waals surface area contributed by atoms with Crippen molar-refractivity contribution in [2.24, 2.45) is 0 Å². The monoisotopic (exact) mass is 299 g/mol. The zero-order valence-electron chi connectivity index (χ0n) is 10.9. The smallest absolute Gasteiger partial charge is 0.0379 e. The zero-order chi connectivity index (χ0) is 10.7. The fraction of sp³-hybridized carbons (Fsp3) is 1.00. The van der Waals surface area contributed by atoms with E-state index in [1.54, 1.807) is 0 Å². The molecule has 0 saturated heterocycles. The molecule has 81 valence electrons. The van der Waals surface area contributed by atoms with Gasteiger partial charge in [0.15, 0.2) is 0 Å². The molecular formula is C9H27SeSi3. The van der Waals surface area contributed by atoms with Crippen molar-refractivity contribution in [3.63, 3.8) is 0 Å². The molecule has 0 aliphatic carbocycles. The fourth-order valence-electron chi connectivity index (χ4n) is 0. The van der Waals surface area contributed by atoms with Crippen LogP contribution >= 0.6 is 0 Å². The molecule has 0 atom stereocenters. The Bertz CT molecular complexity index is 43.4. The standard InChI is InChI=1S/3C3H9Si.Se/c3*1-4(2)3;/h3*1-3H3;. The minimum Gasteiger partial charge on any atom is -0.0715 e. The Morgan fingerprint density at radius 1 is 0.385 bits per heavy atom. The Balaban J connectivity index is -0.0000000450. The summed E-state index contributed by atoms with van der Waals surface area (Å²) in [6, 6.07) is 0. The second-order valence-corrected chi connectivity index (χ2v) is 13.5. The molecule has 0 aromatic rings. The van der Waals surface area contributed by atoms with E-state index in [1.807, 2.05) is 0 Å². The molecule has 0 aromatic heterocycles. The minimum atomic E-state index is 0. The fourth-order valence-corrected chi connectivity index (χ4v) is 0.